The topological polar surface area (TPSA) is 22.8 Å². The van der Waals surface area contributed by atoms with E-state index in [4.69, 9.17) is 20.0 Å². The van der Waals surface area contributed by atoms with Gasteiger partial charge in [-0.2, -0.15) is 0 Å². The Labute approximate surface area is 113 Å². The lowest BCUT2D eigenvalue weighted by Crippen LogP contribution is -2.41. The molecule has 1 aliphatic heterocycles. The lowest BCUT2D eigenvalue weighted by atomic mass is 9.78. The number of nitrogens with zero attached hydrogens (tertiary/aromatic N) is 1. The molecule has 1 aliphatic rings. The van der Waals surface area contributed by atoms with E-state index in [-0.39, 0.29) is 11.3 Å². The van der Waals surface area contributed by atoms with Crippen LogP contribution in [-0.2, 0) is 9.31 Å². The van der Waals surface area contributed by atoms with Crippen molar-refractivity contribution in [3.8, 4) is 0 Å². The van der Waals surface area contributed by atoms with Crippen molar-refractivity contribution in [2.75, 3.05) is 0 Å². The van der Waals surface area contributed by atoms with Gasteiger partial charge in [-0.3, -0.25) is 0 Å². The molecule has 1 aromatic carbocycles. The maximum Gasteiger partial charge on any atom is 0.493 e. The maximum atomic E-state index is 7.45. The zero-order valence-electron chi connectivity index (χ0n) is 14.1. The van der Waals surface area contributed by atoms with Crippen LogP contribution in [0.2, 0.25) is 0 Å². The number of hydrogen-bond donors (Lipinski definition) is 0. The van der Waals surface area contributed by atoms with E-state index in [1.807, 2.05) is 27.7 Å². The van der Waals surface area contributed by atoms with E-state index in [2.05, 4.69) is 4.85 Å². The first-order chi connectivity index (χ1) is 9.48. The van der Waals surface area contributed by atoms with Crippen molar-refractivity contribution in [1.82, 2.24) is 0 Å². The van der Waals surface area contributed by atoms with E-state index in [0.717, 1.165) is 0 Å². The molecule has 1 aromatic rings. The number of aryl methyl sites for hydroxylation is 1. The van der Waals surface area contributed by atoms with Gasteiger partial charge in [-0.15, -0.1) is 0 Å². The Balaban J connectivity index is 2.39. The van der Waals surface area contributed by atoms with Gasteiger partial charge in [0.2, 0.25) is 0 Å². The van der Waals surface area contributed by atoms with Crippen LogP contribution < -0.4 is 5.46 Å². The maximum absolute atomic E-state index is 7.45. The second-order valence-electron chi connectivity index (χ2n) is 5.48. The third-order valence-electron chi connectivity index (χ3n) is 3.67. The van der Waals surface area contributed by atoms with Crippen LogP contribution >= 0.6 is 0 Å². The number of hydrogen-bond acceptors (Lipinski definition) is 2. The standard InChI is InChI=1S/C14H18BNO2/c1-10-7-8-11(9-12(10)16-6)15-17-13(2,3)14(4,5)18-15/h7-9H,1-5H3/i1D3. The quantitative estimate of drug-likeness (QED) is 0.561. The lowest BCUT2D eigenvalue weighted by molar-refractivity contribution is 0.00578. The molecule has 0 N–H and O–H groups in total. The SMILES string of the molecule is [2H]C([2H])([2H])c1ccc(B2OC(C)(C)C(C)(C)O2)cc1[N+]#[C-]. The summed E-state index contributed by atoms with van der Waals surface area (Å²) in [5.74, 6) is 0. The molecule has 0 bridgehead atoms. The summed E-state index contributed by atoms with van der Waals surface area (Å²) in [6, 6.07) is 4.65. The monoisotopic (exact) mass is 246 g/mol. The van der Waals surface area contributed by atoms with Gasteiger partial charge < -0.3 is 9.31 Å². The molecule has 0 spiro atoms. The minimum atomic E-state index is -2.30. The summed E-state index contributed by atoms with van der Waals surface area (Å²) in [6.45, 7) is 12.7. The minimum Gasteiger partial charge on any atom is -0.399 e. The highest BCUT2D eigenvalue weighted by atomic mass is 16.7. The van der Waals surface area contributed by atoms with E-state index >= 15 is 0 Å². The van der Waals surface area contributed by atoms with Crippen LogP contribution in [0, 0.1) is 13.4 Å². The van der Waals surface area contributed by atoms with Crippen LogP contribution in [0.1, 0.15) is 37.4 Å². The van der Waals surface area contributed by atoms with Crippen LogP contribution in [0.15, 0.2) is 18.2 Å². The first-order valence-electron chi connectivity index (χ1n) is 7.35. The fourth-order valence-corrected chi connectivity index (χ4v) is 1.77. The summed E-state index contributed by atoms with van der Waals surface area (Å²) < 4.78 is 34.2. The first kappa shape index (κ1) is 9.60. The molecule has 0 radical (unpaired) electrons. The van der Waals surface area contributed by atoms with Crippen LogP contribution in [0.5, 0.6) is 0 Å². The van der Waals surface area contributed by atoms with Gasteiger partial charge in [0.05, 0.1) is 17.8 Å². The van der Waals surface area contributed by atoms with Gasteiger partial charge in [0.1, 0.15) is 0 Å². The number of benzene rings is 1. The Morgan fingerprint density at radius 2 is 1.83 bits per heavy atom. The predicted octanol–water partition coefficient (Wildman–Crippen LogP) is 2.85. The molecule has 1 heterocycles. The van der Waals surface area contributed by atoms with Gasteiger partial charge >= 0.3 is 7.12 Å². The predicted molar refractivity (Wildman–Crippen MR) is 73.2 cm³/mol. The smallest absolute Gasteiger partial charge is 0.399 e. The fraction of sp³-hybridized carbons (Fsp3) is 0.500. The molecule has 0 aromatic heterocycles. The summed E-state index contributed by atoms with van der Waals surface area (Å²) >= 11 is 0. The van der Waals surface area contributed by atoms with Crippen LogP contribution in [-0.4, -0.2) is 18.3 Å². The molecule has 0 unspecified atom stereocenters. The lowest BCUT2D eigenvalue weighted by Gasteiger charge is -2.32. The first-order valence-corrected chi connectivity index (χ1v) is 5.85. The summed E-state index contributed by atoms with van der Waals surface area (Å²) in [5.41, 5.74) is -0.121. The molecule has 18 heavy (non-hydrogen) atoms. The second kappa shape index (κ2) is 4.12. The molecular formula is C14H18BNO2. The molecule has 1 saturated heterocycles. The van der Waals surface area contributed by atoms with Gasteiger partial charge in [0.25, 0.3) is 0 Å². The Morgan fingerprint density at radius 3 is 2.33 bits per heavy atom. The van der Waals surface area contributed by atoms with Gasteiger partial charge in [-0.25, -0.2) is 4.85 Å². The van der Waals surface area contributed by atoms with Crippen molar-refractivity contribution in [3.63, 3.8) is 0 Å². The molecule has 1 fully saturated rings. The van der Waals surface area contributed by atoms with E-state index in [1.165, 1.54) is 12.1 Å². The summed E-state index contributed by atoms with van der Waals surface area (Å²) in [7, 11) is -0.596. The minimum absolute atomic E-state index is 0.0535. The highest BCUT2D eigenvalue weighted by Gasteiger charge is 2.51. The van der Waals surface area contributed by atoms with Gasteiger partial charge in [0, 0.05) is 4.11 Å². The van der Waals surface area contributed by atoms with Crippen molar-refractivity contribution in [2.45, 2.75) is 45.7 Å². The molecule has 3 nitrogen and oxygen atoms in total. The molecule has 4 heteroatoms. The van der Waals surface area contributed by atoms with E-state index in [0.29, 0.717) is 5.46 Å². The summed E-state index contributed by atoms with van der Waals surface area (Å²) in [4.78, 5) is 3.32. The highest BCUT2D eigenvalue weighted by Crippen LogP contribution is 2.36. The van der Waals surface area contributed by atoms with Crippen molar-refractivity contribution < 1.29 is 13.4 Å². The Bertz CT molecular complexity index is 589. The molecule has 0 amide bonds. The Morgan fingerprint density at radius 1 is 1.22 bits per heavy atom. The third-order valence-corrected chi connectivity index (χ3v) is 3.67. The van der Waals surface area contributed by atoms with Crippen molar-refractivity contribution >= 4 is 18.3 Å². The van der Waals surface area contributed by atoms with E-state index < -0.39 is 25.2 Å². The largest absolute Gasteiger partial charge is 0.493 e. The van der Waals surface area contributed by atoms with Crippen molar-refractivity contribution in [2.24, 2.45) is 0 Å². The van der Waals surface area contributed by atoms with Crippen LogP contribution in [0.3, 0.4) is 0 Å². The zero-order valence-corrected chi connectivity index (χ0v) is 11.1. The Kier molecular flexibility index (Phi) is 2.20. The van der Waals surface area contributed by atoms with Gasteiger partial charge in [-0.1, -0.05) is 18.2 Å². The summed E-state index contributed by atoms with van der Waals surface area (Å²) in [6.07, 6.45) is 0. The van der Waals surface area contributed by atoms with E-state index in [9.17, 15) is 0 Å². The molecule has 94 valence electrons. The second-order valence-corrected chi connectivity index (χ2v) is 5.48. The van der Waals surface area contributed by atoms with Gasteiger partial charge in [-0.05, 0) is 45.6 Å². The molecule has 0 aliphatic carbocycles. The average Bonchev–Trinajstić information content (AvgIpc) is 2.56. The fourth-order valence-electron chi connectivity index (χ4n) is 1.77. The van der Waals surface area contributed by atoms with Crippen LogP contribution in [0.25, 0.3) is 4.85 Å². The Hall–Kier alpha value is -1.31. The molecule has 2 rings (SSSR count). The molecule has 0 atom stereocenters. The summed E-state index contributed by atoms with van der Waals surface area (Å²) in [5, 5.41) is 0. The van der Waals surface area contributed by atoms with E-state index in [1.54, 1.807) is 6.07 Å². The molecule has 0 saturated carbocycles. The van der Waals surface area contributed by atoms with Crippen molar-refractivity contribution in [3.05, 3.63) is 35.2 Å². The zero-order chi connectivity index (χ0) is 16.1. The normalized spacial score (nSPS) is 23.9. The number of rotatable bonds is 1. The van der Waals surface area contributed by atoms with Crippen molar-refractivity contribution in [1.29, 1.82) is 0 Å². The van der Waals surface area contributed by atoms with Crippen LogP contribution in [0.4, 0.5) is 5.69 Å². The average molecular weight is 246 g/mol. The molecular weight excluding hydrogens is 225 g/mol. The van der Waals surface area contributed by atoms with Gasteiger partial charge in [0.15, 0.2) is 5.69 Å². The third kappa shape index (κ3) is 2.05. The highest BCUT2D eigenvalue weighted by molar-refractivity contribution is 6.62.